The first-order chi connectivity index (χ1) is 8.56. The maximum atomic E-state index is 12.8. The number of halogens is 2. The molecule has 0 spiro atoms. The lowest BCUT2D eigenvalue weighted by Crippen LogP contribution is -2.14. The second-order valence-corrected chi connectivity index (χ2v) is 5.32. The van der Waals surface area contributed by atoms with E-state index in [9.17, 15) is 4.39 Å². The number of hydrogen-bond donors (Lipinski definition) is 1. The molecule has 0 saturated heterocycles. The molecule has 0 aliphatic heterocycles. The van der Waals surface area contributed by atoms with Gasteiger partial charge in [0.15, 0.2) is 0 Å². The summed E-state index contributed by atoms with van der Waals surface area (Å²) in [6, 6.07) is 12.5. The predicted octanol–water partition coefficient (Wildman–Crippen LogP) is 4.14. The van der Waals surface area contributed by atoms with Crippen molar-refractivity contribution in [2.45, 2.75) is 19.4 Å². The summed E-state index contributed by atoms with van der Waals surface area (Å²) in [4.78, 5) is 0. The average Bonchev–Trinajstić information content (AvgIpc) is 2.35. The quantitative estimate of drug-likeness (QED) is 0.906. The molecule has 0 fully saturated rings. The van der Waals surface area contributed by atoms with Gasteiger partial charge in [-0.2, -0.15) is 0 Å². The lowest BCUT2D eigenvalue weighted by Gasteiger charge is -2.15. The van der Waals surface area contributed by atoms with Gasteiger partial charge >= 0.3 is 0 Å². The van der Waals surface area contributed by atoms with Gasteiger partial charge in [0.1, 0.15) is 5.82 Å². The van der Waals surface area contributed by atoms with E-state index in [1.54, 1.807) is 12.1 Å². The smallest absolute Gasteiger partial charge is 0.123 e. The Kier molecular flexibility index (Phi) is 4.15. The van der Waals surface area contributed by atoms with E-state index in [0.29, 0.717) is 6.42 Å². The third kappa shape index (κ3) is 3.18. The van der Waals surface area contributed by atoms with E-state index >= 15 is 0 Å². The fourth-order valence-corrected chi connectivity index (χ4v) is 2.47. The second kappa shape index (κ2) is 5.63. The topological polar surface area (TPSA) is 26.0 Å². The van der Waals surface area contributed by atoms with Gasteiger partial charge in [-0.05, 0) is 42.7 Å². The fraction of sp³-hybridized carbons (Fsp3) is 0.200. The normalized spacial score (nSPS) is 12.4. The van der Waals surface area contributed by atoms with Crippen LogP contribution < -0.4 is 5.73 Å². The highest BCUT2D eigenvalue weighted by molar-refractivity contribution is 9.10. The zero-order chi connectivity index (χ0) is 13.1. The molecule has 2 rings (SSSR count). The van der Waals surface area contributed by atoms with Gasteiger partial charge in [-0.3, -0.25) is 0 Å². The molecule has 0 aliphatic carbocycles. The van der Waals surface area contributed by atoms with Gasteiger partial charge in [-0.1, -0.05) is 45.8 Å². The average molecular weight is 308 g/mol. The Labute approximate surface area is 115 Å². The molecule has 0 saturated carbocycles. The highest BCUT2D eigenvalue weighted by atomic mass is 79.9. The molecular formula is C15H15BrFN. The Bertz CT molecular complexity index is 537. The van der Waals surface area contributed by atoms with Crippen molar-refractivity contribution in [2.24, 2.45) is 5.73 Å². The predicted molar refractivity (Wildman–Crippen MR) is 75.9 cm³/mol. The van der Waals surface area contributed by atoms with Crippen molar-refractivity contribution in [3.63, 3.8) is 0 Å². The van der Waals surface area contributed by atoms with Crippen molar-refractivity contribution in [3.05, 3.63) is 69.4 Å². The van der Waals surface area contributed by atoms with Crippen LogP contribution in [0.1, 0.15) is 22.7 Å². The first kappa shape index (κ1) is 13.2. The van der Waals surface area contributed by atoms with E-state index in [1.807, 2.05) is 19.1 Å². The summed E-state index contributed by atoms with van der Waals surface area (Å²) in [5.41, 5.74) is 9.52. The van der Waals surface area contributed by atoms with E-state index in [4.69, 9.17) is 5.73 Å². The van der Waals surface area contributed by atoms with Gasteiger partial charge in [0.2, 0.25) is 0 Å². The Morgan fingerprint density at radius 2 is 1.83 bits per heavy atom. The standard InChI is InChI=1S/C15H15BrFN/c1-10-2-7-14(16)13(8-10)15(18)9-11-3-5-12(17)6-4-11/h2-8,15H,9,18H2,1H3. The molecule has 0 radical (unpaired) electrons. The van der Waals surface area contributed by atoms with Crippen LogP contribution in [-0.2, 0) is 6.42 Å². The van der Waals surface area contributed by atoms with Gasteiger partial charge in [0, 0.05) is 10.5 Å². The van der Waals surface area contributed by atoms with Gasteiger partial charge in [0.05, 0.1) is 0 Å². The monoisotopic (exact) mass is 307 g/mol. The van der Waals surface area contributed by atoms with Crippen molar-refractivity contribution < 1.29 is 4.39 Å². The molecule has 94 valence electrons. The number of hydrogen-bond acceptors (Lipinski definition) is 1. The Hall–Kier alpha value is -1.19. The van der Waals surface area contributed by atoms with Crippen LogP contribution in [0.25, 0.3) is 0 Å². The van der Waals surface area contributed by atoms with Crippen LogP contribution in [-0.4, -0.2) is 0 Å². The zero-order valence-corrected chi connectivity index (χ0v) is 11.7. The van der Waals surface area contributed by atoms with E-state index in [-0.39, 0.29) is 11.9 Å². The molecule has 3 heteroatoms. The lowest BCUT2D eigenvalue weighted by molar-refractivity contribution is 0.625. The minimum atomic E-state index is -0.218. The molecule has 1 atom stereocenters. The number of aryl methyl sites for hydroxylation is 1. The van der Waals surface area contributed by atoms with E-state index in [2.05, 4.69) is 22.0 Å². The third-order valence-electron chi connectivity index (χ3n) is 2.92. The molecule has 2 aromatic rings. The fourth-order valence-electron chi connectivity index (χ4n) is 1.93. The van der Waals surface area contributed by atoms with Crippen molar-refractivity contribution in [1.29, 1.82) is 0 Å². The number of benzene rings is 2. The Morgan fingerprint density at radius 3 is 2.50 bits per heavy atom. The molecule has 1 unspecified atom stereocenters. The SMILES string of the molecule is Cc1ccc(Br)c(C(N)Cc2ccc(F)cc2)c1. The summed E-state index contributed by atoms with van der Waals surface area (Å²) < 4.78 is 13.8. The molecule has 0 bridgehead atoms. The number of rotatable bonds is 3. The van der Waals surface area contributed by atoms with Crippen molar-refractivity contribution in [2.75, 3.05) is 0 Å². The van der Waals surface area contributed by atoms with Crippen LogP contribution in [0.15, 0.2) is 46.9 Å². The van der Waals surface area contributed by atoms with Gasteiger partial charge < -0.3 is 5.73 Å². The van der Waals surface area contributed by atoms with Crippen LogP contribution in [0.3, 0.4) is 0 Å². The van der Waals surface area contributed by atoms with Crippen molar-refractivity contribution in [3.8, 4) is 0 Å². The van der Waals surface area contributed by atoms with Crippen LogP contribution >= 0.6 is 15.9 Å². The van der Waals surface area contributed by atoms with E-state index in [0.717, 1.165) is 15.6 Å². The van der Waals surface area contributed by atoms with Crippen molar-refractivity contribution in [1.82, 2.24) is 0 Å². The zero-order valence-electron chi connectivity index (χ0n) is 10.2. The highest BCUT2D eigenvalue weighted by Gasteiger charge is 2.11. The lowest BCUT2D eigenvalue weighted by atomic mass is 9.98. The summed E-state index contributed by atoms with van der Waals surface area (Å²) in [6.45, 7) is 2.04. The summed E-state index contributed by atoms with van der Waals surface area (Å²) in [5.74, 6) is -0.218. The molecule has 18 heavy (non-hydrogen) atoms. The number of nitrogens with two attached hydrogens (primary N) is 1. The first-order valence-electron chi connectivity index (χ1n) is 5.82. The summed E-state index contributed by atoms with van der Waals surface area (Å²) in [5, 5.41) is 0. The van der Waals surface area contributed by atoms with Gasteiger partial charge in [-0.15, -0.1) is 0 Å². The van der Waals surface area contributed by atoms with E-state index in [1.165, 1.54) is 17.7 Å². The van der Waals surface area contributed by atoms with Crippen molar-refractivity contribution >= 4 is 15.9 Å². The molecule has 0 heterocycles. The summed E-state index contributed by atoms with van der Waals surface area (Å²) in [7, 11) is 0. The molecule has 2 N–H and O–H groups in total. The molecule has 2 aromatic carbocycles. The summed E-state index contributed by atoms with van der Waals surface area (Å²) in [6.07, 6.45) is 0.697. The second-order valence-electron chi connectivity index (χ2n) is 4.46. The maximum absolute atomic E-state index is 12.8. The molecular weight excluding hydrogens is 293 g/mol. The largest absolute Gasteiger partial charge is 0.324 e. The van der Waals surface area contributed by atoms with Crippen LogP contribution in [0.5, 0.6) is 0 Å². The molecule has 0 aliphatic rings. The first-order valence-corrected chi connectivity index (χ1v) is 6.61. The minimum absolute atomic E-state index is 0.0928. The van der Waals surface area contributed by atoms with Crippen LogP contribution in [0.4, 0.5) is 4.39 Å². The summed E-state index contributed by atoms with van der Waals surface area (Å²) >= 11 is 3.52. The third-order valence-corrected chi connectivity index (χ3v) is 3.64. The van der Waals surface area contributed by atoms with Gasteiger partial charge in [-0.25, -0.2) is 4.39 Å². The van der Waals surface area contributed by atoms with E-state index < -0.39 is 0 Å². The van der Waals surface area contributed by atoms with Gasteiger partial charge in [0.25, 0.3) is 0 Å². The minimum Gasteiger partial charge on any atom is -0.324 e. The molecule has 0 aromatic heterocycles. The highest BCUT2D eigenvalue weighted by Crippen LogP contribution is 2.25. The van der Waals surface area contributed by atoms with Crippen LogP contribution in [0, 0.1) is 12.7 Å². The maximum Gasteiger partial charge on any atom is 0.123 e. The Balaban J connectivity index is 2.18. The molecule has 1 nitrogen and oxygen atoms in total. The molecule has 0 amide bonds. The van der Waals surface area contributed by atoms with Crippen LogP contribution in [0.2, 0.25) is 0 Å². The Morgan fingerprint density at radius 1 is 1.17 bits per heavy atom.